The first-order chi connectivity index (χ1) is 7.75. The largest absolute Gasteiger partial charge is 0.508 e. The highest BCUT2D eigenvalue weighted by molar-refractivity contribution is 14.1. The van der Waals surface area contributed by atoms with Gasteiger partial charge in [0.05, 0.1) is 0 Å². The Morgan fingerprint density at radius 3 is 2.56 bits per heavy atom. The molecule has 1 aromatic heterocycles. The maximum Gasteiger partial charge on any atom is 0.222 e. The van der Waals surface area contributed by atoms with Crippen LogP contribution in [0.15, 0.2) is 36.7 Å². The highest BCUT2D eigenvalue weighted by Gasteiger charge is 2.00. The second kappa shape index (κ2) is 5.11. The molecule has 1 aromatic carbocycles. The number of aromatic nitrogens is 2. The second-order valence-electron chi connectivity index (χ2n) is 3.21. The fourth-order valence-corrected chi connectivity index (χ4v) is 1.52. The van der Waals surface area contributed by atoms with Crippen molar-refractivity contribution in [1.82, 2.24) is 9.97 Å². The van der Waals surface area contributed by atoms with Gasteiger partial charge in [-0.25, -0.2) is 9.97 Å². The predicted octanol–water partition coefficient (Wildman–Crippen LogP) is 2.40. The summed E-state index contributed by atoms with van der Waals surface area (Å²) in [6.07, 6.45) is 3.47. The highest BCUT2D eigenvalue weighted by atomic mass is 127. The number of hydrogen-bond acceptors (Lipinski definition) is 4. The minimum atomic E-state index is 0.278. The van der Waals surface area contributed by atoms with Gasteiger partial charge in [0, 0.05) is 28.1 Å². The van der Waals surface area contributed by atoms with Crippen molar-refractivity contribution in [3.8, 4) is 5.75 Å². The number of rotatable bonds is 3. The lowest BCUT2D eigenvalue weighted by atomic mass is 10.2. The van der Waals surface area contributed by atoms with Crippen LogP contribution in [0.4, 0.5) is 5.95 Å². The molecule has 2 aromatic rings. The molecule has 0 amide bonds. The zero-order chi connectivity index (χ0) is 11.4. The van der Waals surface area contributed by atoms with E-state index in [-0.39, 0.29) is 5.75 Å². The molecule has 0 bridgehead atoms. The average Bonchev–Trinajstić information content (AvgIpc) is 2.30. The Hall–Kier alpha value is -1.37. The predicted molar refractivity (Wildman–Crippen MR) is 70.2 cm³/mol. The topological polar surface area (TPSA) is 58.0 Å². The SMILES string of the molecule is Oc1ccccc1CNc1ncc(I)cn1. The van der Waals surface area contributed by atoms with Crippen molar-refractivity contribution < 1.29 is 5.11 Å². The Bertz CT molecular complexity index is 473. The van der Waals surface area contributed by atoms with Crippen LogP contribution in [-0.4, -0.2) is 15.1 Å². The van der Waals surface area contributed by atoms with Gasteiger partial charge in [0.1, 0.15) is 5.75 Å². The van der Waals surface area contributed by atoms with Crippen LogP contribution in [0.2, 0.25) is 0 Å². The van der Waals surface area contributed by atoms with E-state index in [1.807, 2.05) is 12.1 Å². The number of nitrogens with one attached hydrogen (secondary N) is 1. The van der Waals surface area contributed by atoms with E-state index in [4.69, 9.17) is 0 Å². The highest BCUT2D eigenvalue weighted by Crippen LogP contribution is 2.16. The minimum absolute atomic E-state index is 0.278. The molecule has 0 radical (unpaired) electrons. The average molecular weight is 327 g/mol. The fourth-order valence-electron chi connectivity index (χ4n) is 1.24. The number of para-hydroxylation sites is 1. The van der Waals surface area contributed by atoms with E-state index >= 15 is 0 Å². The van der Waals surface area contributed by atoms with Crippen molar-refractivity contribution in [2.24, 2.45) is 0 Å². The monoisotopic (exact) mass is 327 g/mol. The molecule has 16 heavy (non-hydrogen) atoms. The van der Waals surface area contributed by atoms with Crippen LogP contribution < -0.4 is 5.32 Å². The van der Waals surface area contributed by atoms with Crippen LogP contribution in [0.3, 0.4) is 0 Å². The molecule has 0 saturated carbocycles. The maximum absolute atomic E-state index is 9.55. The first kappa shape index (κ1) is 11.1. The van der Waals surface area contributed by atoms with E-state index in [1.165, 1.54) is 0 Å². The van der Waals surface area contributed by atoms with Crippen LogP contribution in [0.5, 0.6) is 5.75 Å². The fraction of sp³-hybridized carbons (Fsp3) is 0.0909. The summed E-state index contributed by atoms with van der Waals surface area (Å²) in [6, 6.07) is 7.19. The summed E-state index contributed by atoms with van der Waals surface area (Å²) in [5, 5.41) is 12.6. The van der Waals surface area contributed by atoms with Crippen LogP contribution in [0, 0.1) is 3.57 Å². The Kier molecular flexibility index (Phi) is 3.55. The zero-order valence-electron chi connectivity index (χ0n) is 8.39. The molecule has 0 saturated heterocycles. The molecular weight excluding hydrogens is 317 g/mol. The summed E-state index contributed by atoms with van der Waals surface area (Å²) >= 11 is 2.15. The molecule has 2 N–H and O–H groups in total. The summed E-state index contributed by atoms with van der Waals surface area (Å²) in [5.74, 6) is 0.837. The lowest BCUT2D eigenvalue weighted by molar-refractivity contribution is 0.469. The van der Waals surface area contributed by atoms with E-state index in [0.29, 0.717) is 12.5 Å². The van der Waals surface area contributed by atoms with Gasteiger partial charge in [-0.3, -0.25) is 0 Å². The zero-order valence-corrected chi connectivity index (χ0v) is 10.5. The van der Waals surface area contributed by atoms with Crippen LogP contribution in [-0.2, 0) is 6.54 Å². The lowest BCUT2D eigenvalue weighted by Gasteiger charge is -2.06. The van der Waals surface area contributed by atoms with Crippen LogP contribution in [0.1, 0.15) is 5.56 Å². The molecule has 2 rings (SSSR count). The maximum atomic E-state index is 9.55. The van der Waals surface area contributed by atoms with Gasteiger partial charge in [-0.1, -0.05) is 18.2 Å². The Morgan fingerprint density at radius 2 is 1.88 bits per heavy atom. The van der Waals surface area contributed by atoms with E-state index < -0.39 is 0 Å². The number of halogens is 1. The van der Waals surface area contributed by atoms with Crippen molar-refractivity contribution in [2.45, 2.75) is 6.54 Å². The van der Waals surface area contributed by atoms with Crippen molar-refractivity contribution in [3.05, 3.63) is 45.8 Å². The number of phenolic OH excluding ortho intramolecular Hbond substituents is 1. The normalized spacial score (nSPS) is 10.1. The summed E-state index contributed by atoms with van der Waals surface area (Å²) < 4.78 is 0.991. The molecule has 0 fully saturated rings. The number of hydrogen-bond donors (Lipinski definition) is 2. The molecule has 0 spiro atoms. The van der Waals surface area contributed by atoms with Gasteiger partial charge in [-0.15, -0.1) is 0 Å². The number of phenols is 1. The number of nitrogens with zero attached hydrogens (tertiary/aromatic N) is 2. The molecule has 0 atom stereocenters. The first-order valence-corrected chi connectivity index (χ1v) is 5.82. The molecule has 82 valence electrons. The Balaban J connectivity index is 2.02. The van der Waals surface area contributed by atoms with Gasteiger partial charge in [0.25, 0.3) is 0 Å². The van der Waals surface area contributed by atoms with Crippen LogP contribution in [0.25, 0.3) is 0 Å². The third-order valence-corrected chi connectivity index (χ3v) is 2.61. The Labute approximate surface area is 107 Å². The molecular formula is C11H10IN3O. The summed E-state index contributed by atoms with van der Waals surface area (Å²) in [5.41, 5.74) is 0.824. The lowest BCUT2D eigenvalue weighted by Crippen LogP contribution is -2.03. The minimum Gasteiger partial charge on any atom is -0.508 e. The third-order valence-electron chi connectivity index (χ3n) is 2.05. The summed E-state index contributed by atoms with van der Waals surface area (Å²) in [6.45, 7) is 0.507. The van der Waals surface area contributed by atoms with Crippen molar-refractivity contribution in [1.29, 1.82) is 0 Å². The molecule has 1 heterocycles. The molecule has 0 aliphatic carbocycles. The van der Waals surface area contributed by atoms with Crippen molar-refractivity contribution in [3.63, 3.8) is 0 Å². The van der Waals surface area contributed by atoms with E-state index in [9.17, 15) is 5.11 Å². The van der Waals surface area contributed by atoms with Gasteiger partial charge in [0.2, 0.25) is 5.95 Å². The van der Waals surface area contributed by atoms with Crippen molar-refractivity contribution in [2.75, 3.05) is 5.32 Å². The van der Waals surface area contributed by atoms with E-state index in [2.05, 4.69) is 37.9 Å². The van der Waals surface area contributed by atoms with Gasteiger partial charge in [-0.05, 0) is 28.7 Å². The van der Waals surface area contributed by atoms with E-state index in [0.717, 1.165) is 9.13 Å². The van der Waals surface area contributed by atoms with Crippen molar-refractivity contribution >= 4 is 28.5 Å². The summed E-state index contributed by atoms with van der Waals surface area (Å²) in [7, 11) is 0. The van der Waals surface area contributed by atoms with Gasteiger partial charge < -0.3 is 10.4 Å². The number of aromatic hydroxyl groups is 1. The first-order valence-electron chi connectivity index (χ1n) is 4.74. The molecule has 0 unspecified atom stereocenters. The summed E-state index contributed by atoms with van der Waals surface area (Å²) in [4.78, 5) is 8.22. The van der Waals surface area contributed by atoms with E-state index in [1.54, 1.807) is 24.5 Å². The molecule has 5 heteroatoms. The second-order valence-corrected chi connectivity index (χ2v) is 4.45. The molecule has 0 aliphatic rings. The van der Waals surface area contributed by atoms with Gasteiger partial charge in [-0.2, -0.15) is 0 Å². The molecule has 0 aliphatic heterocycles. The number of benzene rings is 1. The number of anilines is 1. The van der Waals surface area contributed by atoms with Crippen LogP contribution >= 0.6 is 22.6 Å². The quantitative estimate of drug-likeness (QED) is 0.850. The Morgan fingerprint density at radius 1 is 1.19 bits per heavy atom. The standard InChI is InChI=1S/C11H10IN3O/c12-9-6-14-11(15-7-9)13-5-8-3-1-2-4-10(8)16/h1-4,6-7,16H,5H2,(H,13,14,15). The van der Waals surface area contributed by atoms with Gasteiger partial charge >= 0.3 is 0 Å². The third kappa shape index (κ3) is 2.82. The smallest absolute Gasteiger partial charge is 0.222 e. The van der Waals surface area contributed by atoms with Gasteiger partial charge in [0.15, 0.2) is 0 Å². The molecule has 4 nitrogen and oxygen atoms in total.